The lowest BCUT2D eigenvalue weighted by Crippen LogP contribution is -1.94. The van der Waals surface area contributed by atoms with Gasteiger partial charge in [0, 0.05) is 17.5 Å². The van der Waals surface area contributed by atoms with E-state index in [9.17, 15) is 4.79 Å². The van der Waals surface area contributed by atoms with Crippen LogP contribution in [-0.2, 0) is 7.05 Å². The number of halogens is 2. The average Bonchev–Trinajstić information content (AvgIpc) is 2.39. The smallest absolute Gasteiger partial charge is 0.166 e. The summed E-state index contributed by atoms with van der Waals surface area (Å²) in [7, 11) is 1.83. The van der Waals surface area contributed by atoms with Gasteiger partial charge in [0.05, 0.1) is 16.2 Å². The van der Waals surface area contributed by atoms with E-state index in [1.165, 1.54) is 0 Å². The van der Waals surface area contributed by atoms with Crippen LogP contribution in [0.2, 0.25) is 10.0 Å². The van der Waals surface area contributed by atoms with E-state index in [1.54, 1.807) is 10.6 Å². The van der Waals surface area contributed by atoms with E-state index in [0.717, 1.165) is 22.8 Å². The molecule has 0 atom stereocenters. The molecule has 2 nitrogen and oxygen atoms in total. The van der Waals surface area contributed by atoms with Gasteiger partial charge in [-0.15, -0.1) is 0 Å². The summed E-state index contributed by atoms with van der Waals surface area (Å²) >= 11 is 12.0. The van der Waals surface area contributed by atoms with Gasteiger partial charge in [-0.2, -0.15) is 0 Å². The molecule has 15 heavy (non-hydrogen) atoms. The number of carbonyl (C=O) groups is 1. The van der Waals surface area contributed by atoms with Crippen LogP contribution < -0.4 is 0 Å². The summed E-state index contributed by atoms with van der Waals surface area (Å²) in [4.78, 5) is 10.9. The fourth-order valence-electron chi connectivity index (χ4n) is 1.87. The topological polar surface area (TPSA) is 22.0 Å². The van der Waals surface area contributed by atoms with E-state index in [4.69, 9.17) is 23.2 Å². The number of aromatic nitrogens is 1. The summed E-state index contributed by atoms with van der Waals surface area (Å²) in [5.74, 6) is 0. The standard InChI is InChI=1S/C11H9Cl2NO/c1-6-10(5-15)14(2)9-4-7(12)3-8(13)11(6)9/h3-5H,1-2H3. The van der Waals surface area contributed by atoms with E-state index in [1.807, 2.05) is 20.0 Å². The summed E-state index contributed by atoms with van der Waals surface area (Å²) < 4.78 is 1.80. The largest absolute Gasteiger partial charge is 0.341 e. The highest BCUT2D eigenvalue weighted by Crippen LogP contribution is 2.33. The lowest BCUT2D eigenvalue weighted by atomic mass is 10.1. The normalized spacial score (nSPS) is 10.9. The van der Waals surface area contributed by atoms with Crippen LogP contribution in [0.25, 0.3) is 10.9 Å². The van der Waals surface area contributed by atoms with Crippen molar-refractivity contribution < 1.29 is 4.79 Å². The zero-order valence-electron chi connectivity index (χ0n) is 8.34. The number of aryl methyl sites for hydroxylation is 2. The van der Waals surface area contributed by atoms with Crippen LogP contribution in [0.15, 0.2) is 12.1 Å². The van der Waals surface area contributed by atoms with E-state index < -0.39 is 0 Å². The molecule has 0 unspecified atom stereocenters. The molecular formula is C11H9Cl2NO. The second kappa shape index (κ2) is 3.54. The van der Waals surface area contributed by atoms with Crippen LogP contribution in [0, 0.1) is 6.92 Å². The molecule has 0 saturated heterocycles. The third kappa shape index (κ3) is 1.45. The fraction of sp³-hybridized carbons (Fsp3) is 0.182. The molecule has 0 aliphatic rings. The highest BCUT2D eigenvalue weighted by molar-refractivity contribution is 6.39. The first-order chi connectivity index (χ1) is 7.06. The molecule has 0 radical (unpaired) electrons. The summed E-state index contributed by atoms with van der Waals surface area (Å²) in [6.07, 6.45) is 0.833. The molecular weight excluding hydrogens is 233 g/mol. The van der Waals surface area contributed by atoms with Gasteiger partial charge in [0.2, 0.25) is 0 Å². The summed E-state index contributed by atoms with van der Waals surface area (Å²) in [6.45, 7) is 1.88. The maximum Gasteiger partial charge on any atom is 0.166 e. The Balaban J connectivity index is 3.01. The first kappa shape index (κ1) is 10.5. The van der Waals surface area contributed by atoms with Crippen molar-refractivity contribution >= 4 is 40.4 Å². The van der Waals surface area contributed by atoms with Gasteiger partial charge >= 0.3 is 0 Å². The van der Waals surface area contributed by atoms with Crippen LogP contribution >= 0.6 is 23.2 Å². The predicted molar refractivity (Wildman–Crippen MR) is 63.1 cm³/mol. The molecule has 0 fully saturated rings. The Morgan fingerprint density at radius 1 is 1.33 bits per heavy atom. The Labute approximate surface area is 97.4 Å². The maximum atomic E-state index is 10.9. The molecule has 4 heteroatoms. The molecule has 2 rings (SSSR count). The maximum absolute atomic E-state index is 10.9. The number of aldehydes is 1. The van der Waals surface area contributed by atoms with Gasteiger partial charge in [-0.25, -0.2) is 0 Å². The Morgan fingerprint density at radius 2 is 2.00 bits per heavy atom. The second-order valence-electron chi connectivity index (χ2n) is 3.47. The molecule has 0 aliphatic heterocycles. The number of nitrogens with zero attached hydrogens (tertiary/aromatic N) is 1. The SMILES string of the molecule is Cc1c(C=O)n(C)c2cc(Cl)cc(Cl)c12. The van der Waals surface area contributed by atoms with E-state index in [-0.39, 0.29) is 0 Å². The van der Waals surface area contributed by atoms with Crippen molar-refractivity contribution in [1.82, 2.24) is 4.57 Å². The number of rotatable bonds is 1. The van der Waals surface area contributed by atoms with Crippen LogP contribution in [0.3, 0.4) is 0 Å². The number of carbonyl (C=O) groups excluding carboxylic acids is 1. The quantitative estimate of drug-likeness (QED) is 0.700. The van der Waals surface area contributed by atoms with Crippen LogP contribution in [0.1, 0.15) is 16.1 Å². The Kier molecular flexibility index (Phi) is 2.49. The highest BCUT2D eigenvalue weighted by Gasteiger charge is 2.14. The van der Waals surface area contributed by atoms with Gasteiger partial charge in [0.25, 0.3) is 0 Å². The minimum Gasteiger partial charge on any atom is -0.341 e. The summed E-state index contributed by atoms with van der Waals surface area (Å²) in [5, 5.41) is 2.05. The lowest BCUT2D eigenvalue weighted by molar-refractivity contribution is 0.111. The first-order valence-corrected chi connectivity index (χ1v) is 5.21. The number of fused-ring (bicyclic) bond motifs is 1. The van der Waals surface area contributed by atoms with Gasteiger partial charge in [-0.05, 0) is 24.6 Å². The predicted octanol–water partition coefficient (Wildman–Crippen LogP) is 3.61. The molecule has 0 N–H and O–H groups in total. The average molecular weight is 242 g/mol. The molecule has 0 bridgehead atoms. The fourth-order valence-corrected chi connectivity index (χ4v) is 2.50. The lowest BCUT2D eigenvalue weighted by Gasteiger charge is -1.99. The minimum absolute atomic E-state index is 0.575. The van der Waals surface area contributed by atoms with Crippen molar-refractivity contribution in [3.63, 3.8) is 0 Å². The number of benzene rings is 1. The molecule has 0 spiro atoms. The van der Waals surface area contributed by atoms with Crippen molar-refractivity contribution in [3.8, 4) is 0 Å². The molecule has 1 heterocycles. The van der Waals surface area contributed by atoms with Crippen LogP contribution in [0.5, 0.6) is 0 Å². The van der Waals surface area contributed by atoms with Gasteiger partial charge < -0.3 is 4.57 Å². The Bertz CT molecular complexity index is 557. The number of hydrogen-bond acceptors (Lipinski definition) is 1. The van der Waals surface area contributed by atoms with Gasteiger partial charge in [-0.3, -0.25) is 4.79 Å². The van der Waals surface area contributed by atoms with Gasteiger partial charge in [-0.1, -0.05) is 23.2 Å². The number of hydrogen-bond donors (Lipinski definition) is 0. The third-order valence-corrected chi connectivity index (χ3v) is 3.14. The van der Waals surface area contributed by atoms with E-state index in [2.05, 4.69) is 0 Å². The van der Waals surface area contributed by atoms with Crippen LogP contribution in [0.4, 0.5) is 0 Å². The highest BCUT2D eigenvalue weighted by atomic mass is 35.5. The minimum atomic E-state index is 0.575. The van der Waals surface area contributed by atoms with Crippen molar-refractivity contribution in [2.75, 3.05) is 0 Å². The van der Waals surface area contributed by atoms with Gasteiger partial charge in [0.15, 0.2) is 6.29 Å². The molecule has 0 amide bonds. The van der Waals surface area contributed by atoms with Gasteiger partial charge in [0.1, 0.15) is 0 Å². The van der Waals surface area contributed by atoms with E-state index in [0.29, 0.717) is 15.7 Å². The van der Waals surface area contributed by atoms with Crippen molar-refractivity contribution in [3.05, 3.63) is 33.4 Å². The van der Waals surface area contributed by atoms with Crippen molar-refractivity contribution in [2.45, 2.75) is 6.92 Å². The second-order valence-corrected chi connectivity index (χ2v) is 4.31. The molecule has 1 aromatic carbocycles. The monoisotopic (exact) mass is 241 g/mol. The molecule has 0 aliphatic carbocycles. The van der Waals surface area contributed by atoms with Crippen LogP contribution in [-0.4, -0.2) is 10.9 Å². The summed E-state index contributed by atoms with van der Waals surface area (Å²) in [6, 6.07) is 3.50. The first-order valence-electron chi connectivity index (χ1n) is 4.45. The third-order valence-electron chi connectivity index (χ3n) is 2.63. The molecule has 0 saturated carbocycles. The summed E-state index contributed by atoms with van der Waals surface area (Å²) in [5.41, 5.74) is 2.41. The molecule has 78 valence electrons. The van der Waals surface area contributed by atoms with Crippen molar-refractivity contribution in [1.29, 1.82) is 0 Å². The zero-order valence-corrected chi connectivity index (χ0v) is 9.86. The van der Waals surface area contributed by atoms with Crippen molar-refractivity contribution in [2.24, 2.45) is 7.05 Å². The Hall–Kier alpha value is -0.990. The zero-order chi connectivity index (χ0) is 11.2. The van der Waals surface area contributed by atoms with E-state index >= 15 is 0 Å². The molecule has 2 aromatic rings. The molecule has 1 aromatic heterocycles. The Morgan fingerprint density at radius 3 is 2.60 bits per heavy atom.